The lowest BCUT2D eigenvalue weighted by Crippen LogP contribution is -2.57. The van der Waals surface area contributed by atoms with E-state index in [0.29, 0.717) is 6.29 Å². The summed E-state index contributed by atoms with van der Waals surface area (Å²) in [6, 6.07) is -3.43. The molecule has 0 unspecified atom stereocenters. The SMILES string of the molecule is CC(=O)NCSC[C@H](NC(=O)[C@@H](N)[C@@H](C)O)C(=O)N[C@H](C=O)[C@@H](C)O. The Morgan fingerprint density at radius 3 is 2.16 bits per heavy atom. The van der Waals surface area contributed by atoms with Crippen molar-refractivity contribution in [1.29, 1.82) is 0 Å². The summed E-state index contributed by atoms with van der Waals surface area (Å²) in [6.45, 7) is 4.01. The monoisotopic (exact) mass is 378 g/mol. The second kappa shape index (κ2) is 11.8. The van der Waals surface area contributed by atoms with Crippen LogP contribution in [0.3, 0.4) is 0 Å². The van der Waals surface area contributed by atoms with Crippen LogP contribution in [0.25, 0.3) is 0 Å². The molecule has 0 spiro atoms. The lowest BCUT2D eigenvalue weighted by atomic mass is 10.1. The van der Waals surface area contributed by atoms with Crippen molar-refractivity contribution in [1.82, 2.24) is 16.0 Å². The number of carbonyl (C=O) groups is 4. The van der Waals surface area contributed by atoms with E-state index in [1.165, 1.54) is 20.8 Å². The number of aliphatic hydroxyl groups is 2. The summed E-state index contributed by atoms with van der Waals surface area (Å²) < 4.78 is 0. The third-order valence-electron chi connectivity index (χ3n) is 3.14. The predicted octanol–water partition coefficient (Wildman–Crippen LogP) is -2.93. The van der Waals surface area contributed by atoms with E-state index in [9.17, 15) is 29.4 Å². The molecular weight excluding hydrogens is 352 g/mol. The van der Waals surface area contributed by atoms with E-state index in [1.807, 2.05) is 0 Å². The van der Waals surface area contributed by atoms with Gasteiger partial charge in [-0.1, -0.05) is 0 Å². The first-order valence-electron chi connectivity index (χ1n) is 7.60. The minimum absolute atomic E-state index is 0.0791. The van der Waals surface area contributed by atoms with E-state index >= 15 is 0 Å². The Labute approximate surface area is 150 Å². The Bertz CT molecular complexity index is 474. The van der Waals surface area contributed by atoms with Crippen LogP contribution in [0.5, 0.6) is 0 Å². The van der Waals surface area contributed by atoms with Crippen molar-refractivity contribution in [2.75, 3.05) is 11.6 Å². The summed E-state index contributed by atoms with van der Waals surface area (Å²) in [6.07, 6.45) is -1.84. The first-order chi connectivity index (χ1) is 11.6. The summed E-state index contributed by atoms with van der Waals surface area (Å²) in [4.78, 5) is 46.0. The van der Waals surface area contributed by atoms with Gasteiger partial charge in [-0.05, 0) is 13.8 Å². The summed E-state index contributed by atoms with van der Waals surface area (Å²) in [5.41, 5.74) is 5.52. The fourth-order valence-electron chi connectivity index (χ4n) is 1.53. The number of nitrogens with two attached hydrogens (primary N) is 1. The molecule has 5 atom stereocenters. The highest BCUT2D eigenvalue weighted by molar-refractivity contribution is 7.99. The van der Waals surface area contributed by atoms with Crippen molar-refractivity contribution in [2.45, 2.75) is 51.1 Å². The Balaban J connectivity index is 4.91. The number of hydrogen-bond donors (Lipinski definition) is 6. The first kappa shape index (κ1) is 23.3. The van der Waals surface area contributed by atoms with Gasteiger partial charge in [-0.2, -0.15) is 0 Å². The van der Waals surface area contributed by atoms with Gasteiger partial charge >= 0.3 is 0 Å². The Morgan fingerprint density at radius 1 is 1.12 bits per heavy atom. The molecule has 0 saturated heterocycles. The second-order valence-corrected chi connectivity index (χ2v) is 6.52. The molecule has 0 saturated carbocycles. The van der Waals surface area contributed by atoms with Gasteiger partial charge in [-0.15, -0.1) is 11.8 Å². The molecule has 0 aromatic heterocycles. The first-order valence-corrected chi connectivity index (χ1v) is 8.75. The zero-order chi connectivity index (χ0) is 19.6. The fraction of sp³-hybridized carbons (Fsp3) is 0.714. The van der Waals surface area contributed by atoms with Gasteiger partial charge in [-0.3, -0.25) is 14.4 Å². The molecule has 0 aromatic rings. The second-order valence-electron chi connectivity index (χ2n) is 5.49. The van der Waals surface area contributed by atoms with Crippen molar-refractivity contribution in [3.63, 3.8) is 0 Å². The molecule has 0 aromatic carbocycles. The minimum atomic E-state index is -1.23. The molecular formula is C14H26N4O6S. The number of carbonyl (C=O) groups excluding carboxylic acids is 4. The van der Waals surface area contributed by atoms with Crippen LogP contribution in [0.2, 0.25) is 0 Å². The summed E-state index contributed by atoms with van der Waals surface area (Å²) in [5.74, 6) is -1.39. The molecule has 0 aliphatic rings. The Morgan fingerprint density at radius 2 is 1.72 bits per heavy atom. The molecule has 0 fully saturated rings. The average molecular weight is 378 g/mol. The quantitative estimate of drug-likeness (QED) is 0.126. The van der Waals surface area contributed by atoms with Gasteiger partial charge in [-0.25, -0.2) is 0 Å². The van der Waals surface area contributed by atoms with Crippen molar-refractivity contribution in [3.05, 3.63) is 0 Å². The Kier molecular flexibility index (Phi) is 11.0. The van der Waals surface area contributed by atoms with Crippen molar-refractivity contribution in [3.8, 4) is 0 Å². The number of rotatable bonds is 11. The van der Waals surface area contributed by atoms with Gasteiger partial charge in [0.05, 0.1) is 18.1 Å². The van der Waals surface area contributed by atoms with Crippen LogP contribution in [0.1, 0.15) is 20.8 Å². The number of thioether (sulfide) groups is 1. The van der Waals surface area contributed by atoms with Gasteiger partial charge in [0.15, 0.2) is 0 Å². The van der Waals surface area contributed by atoms with E-state index in [0.717, 1.165) is 11.8 Å². The zero-order valence-corrected chi connectivity index (χ0v) is 15.2. The van der Waals surface area contributed by atoms with Crippen LogP contribution >= 0.6 is 11.8 Å². The summed E-state index contributed by atoms with van der Waals surface area (Å²) in [5, 5.41) is 26.0. The number of amides is 3. The highest BCUT2D eigenvalue weighted by Gasteiger charge is 2.28. The molecule has 0 aliphatic carbocycles. The van der Waals surface area contributed by atoms with Gasteiger partial charge in [0.1, 0.15) is 24.4 Å². The van der Waals surface area contributed by atoms with Gasteiger partial charge in [0.25, 0.3) is 0 Å². The number of hydrogen-bond acceptors (Lipinski definition) is 8. The standard InChI is InChI=1S/C14H26N4O6S/c1-7(20)10(4-19)17-13(23)11(5-25-6-16-9(3)22)18-14(24)12(15)8(2)21/h4,7-8,10-12,20-21H,5-6,15H2,1-3H3,(H,16,22)(H,17,23)(H,18,24)/t7-,8-,10-,11+,12+/m1/s1. The van der Waals surface area contributed by atoms with E-state index in [2.05, 4.69) is 16.0 Å². The lowest BCUT2D eigenvalue weighted by Gasteiger charge is -2.23. The normalized spacial score (nSPS) is 16.7. The van der Waals surface area contributed by atoms with E-state index in [4.69, 9.17) is 5.73 Å². The van der Waals surface area contributed by atoms with Crippen LogP contribution in [-0.2, 0) is 19.2 Å². The third-order valence-corrected chi connectivity index (χ3v) is 4.06. The van der Waals surface area contributed by atoms with Crippen LogP contribution in [0.4, 0.5) is 0 Å². The molecule has 25 heavy (non-hydrogen) atoms. The molecule has 0 rings (SSSR count). The van der Waals surface area contributed by atoms with Crippen molar-refractivity contribution in [2.24, 2.45) is 5.73 Å². The van der Waals surface area contributed by atoms with Crippen molar-refractivity contribution < 1.29 is 29.4 Å². The molecule has 3 amide bonds. The highest BCUT2D eigenvalue weighted by Crippen LogP contribution is 2.04. The summed E-state index contributed by atoms with van der Waals surface area (Å²) in [7, 11) is 0. The molecule has 10 nitrogen and oxygen atoms in total. The average Bonchev–Trinajstić information content (AvgIpc) is 2.53. The molecule has 11 heteroatoms. The lowest BCUT2D eigenvalue weighted by molar-refractivity contribution is -0.131. The maximum absolute atomic E-state index is 12.3. The van der Waals surface area contributed by atoms with E-state index in [-0.39, 0.29) is 17.5 Å². The highest BCUT2D eigenvalue weighted by atomic mass is 32.2. The molecule has 7 N–H and O–H groups in total. The molecule has 0 radical (unpaired) electrons. The maximum Gasteiger partial charge on any atom is 0.244 e. The number of aldehydes is 1. The number of nitrogens with one attached hydrogen (secondary N) is 3. The topological polar surface area (TPSA) is 171 Å². The van der Waals surface area contributed by atoms with Crippen LogP contribution in [-0.4, -0.2) is 76.2 Å². The molecule has 0 heterocycles. The number of aliphatic hydroxyl groups excluding tert-OH is 2. The van der Waals surface area contributed by atoms with Crippen LogP contribution < -0.4 is 21.7 Å². The Hall–Kier alpha value is -1.69. The predicted molar refractivity (Wildman–Crippen MR) is 92.4 cm³/mol. The third kappa shape index (κ3) is 9.39. The molecule has 0 aliphatic heterocycles. The summed E-state index contributed by atoms with van der Waals surface area (Å²) >= 11 is 1.16. The smallest absolute Gasteiger partial charge is 0.244 e. The van der Waals surface area contributed by atoms with Crippen LogP contribution in [0.15, 0.2) is 0 Å². The molecule has 144 valence electrons. The molecule has 0 bridgehead atoms. The largest absolute Gasteiger partial charge is 0.391 e. The van der Waals surface area contributed by atoms with E-state index in [1.54, 1.807) is 0 Å². The fourth-order valence-corrected chi connectivity index (χ4v) is 2.43. The minimum Gasteiger partial charge on any atom is -0.391 e. The van der Waals surface area contributed by atoms with Gasteiger partial charge < -0.3 is 36.7 Å². The van der Waals surface area contributed by atoms with Gasteiger partial charge in [0.2, 0.25) is 17.7 Å². The van der Waals surface area contributed by atoms with Gasteiger partial charge in [0, 0.05) is 12.7 Å². The zero-order valence-electron chi connectivity index (χ0n) is 14.4. The van der Waals surface area contributed by atoms with Crippen molar-refractivity contribution >= 4 is 35.8 Å². The van der Waals surface area contributed by atoms with E-state index < -0.39 is 42.1 Å². The van der Waals surface area contributed by atoms with Crippen LogP contribution in [0, 0.1) is 0 Å². The maximum atomic E-state index is 12.3.